The number of ether oxygens (including phenoxy) is 1. The minimum Gasteiger partial charge on any atom is -0.434 e. The number of nitro groups is 1. The number of aromatic nitrogens is 2. The summed E-state index contributed by atoms with van der Waals surface area (Å²) < 4.78 is 7.22. The second kappa shape index (κ2) is 6.36. The standard InChI is InChI=1S/C14H18N4O3/c1-3-8-17-14(13(18(19)20)10(2)16-17)21-12-6-4-11(9-15)5-7-12/h4-7H,3,8-9,15H2,1-2H3. The fraction of sp³-hybridized carbons (Fsp3) is 0.357. The van der Waals surface area contributed by atoms with Gasteiger partial charge in [0.2, 0.25) is 0 Å². The number of nitrogens with two attached hydrogens (primary N) is 1. The van der Waals surface area contributed by atoms with E-state index in [-0.39, 0.29) is 11.6 Å². The van der Waals surface area contributed by atoms with Crippen molar-refractivity contribution in [2.45, 2.75) is 33.4 Å². The first kappa shape index (κ1) is 15.0. The molecule has 1 aromatic heterocycles. The first-order valence-electron chi connectivity index (χ1n) is 6.75. The predicted octanol–water partition coefficient (Wildman–Crippen LogP) is 2.76. The fourth-order valence-corrected chi connectivity index (χ4v) is 2.03. The zero-order valence-electron chi connectivity index (χ0n) is 12.1. The molecule has 7 nitrogen and oxygen atoms in total. The van der Waals surface area contributed by atoms with Crippen molar-refractivity contribution in [3.8, 4) is 11.6 Å². The minimum atomic E-state index is -0.460. The Bertz CT molecular complexity index is 634. The summed E-state index contributed by atoms with van der Waals surface area (Å²) in [7, 11) is 0. The Morgan fingerprint density at radius 1 is 1.38 bits per heavy atom. The number of nitrogens with zero attached hydrogens (tertiary/aromatic N) is 3. The molecule has 0 spiro atoms. The monoisotopic (exact) mass is 290 g/mol. The maximum absolute atomic E-state index is 11.2. The van der Waals surface area contributed by atoms with Gasteiger partial charge in [-0.15, -0.1) is 0 Å². The van der Waals surface area contributed by atoms with E-state index in [9.17, 15) is 10.1 Å². The molecule has 0 radical (unpaired) electrons. The van der Waals surface area contributed by atoms with Gasteiger partial charge in [-0.3, -0.25) is 10.1 Å². The molecule has 21 heavy (non-hydrogen) atoms. The van der Waals surface area contributed by atoms with Crippen LogP contribution in [-0.4, -0.2) is 14.7 Å². The Balaban J connectivity index is 2.38. The molecule has 0 amide bonds. The van der Waals surface area contributed by atoms with E-state index in [0.717, 1.165) is 12.0 Å². The van der Waals surface area contributed by atoms with Crippen LogP contribution in [0.2, 0.25) is 0 Å². The molecule has 0 unspecified atom stereocenters. The number of aryl methyl sites for hydroxylation is 2. The van der Waals surface area contributed by atoms with Gasteiger partial charge in [0.1, 0.15) is 11.4 Å². The second-order valence-electron chi connectivity index (χ2n) is 4.67. The van der Waals surface area contributed by atoms with Crippen LogP contribution < -0.4 is 10.5 Å². The number of hydrogen-bond acceptors (Lipinski definition) is 5. The van der Waals surface area contributed by atoms with Crippen LogP contribution in [-0.2, 0) is 13.1 Å². The summed E-state index contributed by atoms with van der Waals surface area (Å²) in [4.78, 5) is 10.7. The van der Waals surface area contributed by atoms with Crippen molar-refractivity contribution >= 4 is 5.69 Å². The third kappa shape index (κ3) is 3.19. The third-order valence-electron chi connectivity index (χ3n) is 3.04. The maximum atomic E-state index is 11.2. The molecule has 2 rings (SSSR count). The summed E-state index contributed by atoms with van der Waals surface area (Å²) in [5.41, 5.74) is 6.76. The fourth-order valence-electron chi connectivity index (χ4n) is 2.03. The van der Waals surface area contributed by atoms with Crippen molar-refractivity contribution in [3.05, 3.63) is 45.6 Å². The quantitative estimate of drug-likeness (QED) is 0.651. The molecule has 1 heterocycles. The van der Waals surface area contributed by atoms with E-state index in [1.165, 1.54) is 4.68 Å². The van der Waals surface area contributed by atoms with Crippen LogP contribution >= 0.6 is 0 Å². The van der Waals surface area contributed by atoms with E-state index >= 15 is 0 Å². The number of hydrogen-bond donors (Lipinski definition) is 1. The van der Waals surface area contributed by atoms with Crippen LogP contribution in [0.15, 0.2) is 24.3 Å². The lowest BCUT2D eigenvalue weighted by Gasteiger charge is -2.08. The van der Waals surface area contributed by atoms with Crippen molar-refractivity contribution < 1.29 is 9.66 Å². The third-order valence-corrected chi connectivity index (χ3v) is 3.04. The maximum Gasteiger partial charge on any atom is 0.353 e. The van der Waals surface area contributed by atoms with E-state index in [4.69, 9.17) is 10.5 Å². The van der Waals surface area contributed by atoms with Gasteiger partial charge in [-0.1, -0.05) is 19.1 Å². The first-order valence-corrected chi connectivity index (χ1v) is 6.75. The Labute approximate surface area is 122 Å². The summed E-state index contributed by atoms with van der Waals surface area (Å²) in [5, 5.41) is 15.4. The first-order chi connectivity index (χ1) is 10.1. The van der Waals surface area contributed by atoms with Crippen molar-refractivity contribution in [2.24, 2.45) is 5.73 Å². The van der Waals surface area contributed by atoms with Crippen LogP contribution in [0.4, 0.5) is 5.69 Å². The van der Waals surface area contributed by atoms with Crippen LogP contribution in [0.5, 0.6) is 11.6 Å². The highest BCUT2D eigenvalue weighted by Gasteiger charge is 2.27. The molecule has 112 valence electrons. The molecule has 0 fully saturated rings. The van der Waals surface area contributed by atoms with Gasteiger partial charge in [-0.05, 0) is 31.0 Å². The van der Waals surface area contributed by atoms with Gasteiger partial charge in [0, 0.05) is 13.1 Å². The molecule has 0 saturated carbocycles. The highest BCUT2D eigenvalue weighted by atomic mass is 16.6. The SMILES string of the molecule is CCCn1nc(C)c([N+](=O)[O-])c1Oc1ccc(CN)cc1. The lowest BCUT2D eigenvalue weighted by molar-refractivity contribution is -0.386. The van der Waals surface area contributed by atoms with Crippen molar-refractivity contribution in [2.75, 3.05) is 0 Å². The summed E-state index contributed by atoms with van der Waals surface area (Å²) in [5.74, 6) is 0.687. The van der Waals surface area contributed by atoms with Crippen LogP contribution in [0, 0.1) is 17.0 Å². The molecule has 0 saturated heterocycles. The van der Waals surface area contributed by atoms with E-state index in [1.54, 1.807) is 19.1 Å². The van der Waals surface area contributed by atoms with Gasteiger partial charge in [0.15, 0.2) is 0 Å². The second-order valence-corrected chi connectivity index (χ2v) is 4.67. The van der Waals surface area contributed by atoms with Crippen molar-refractivity contribution in [1.29, 1.82) is 0 Å². The predicted molar refractivity (Wildman–Crippen MR) is 78.3 cm³/mol. The molecule has 2 N–H and O–H groups in total. The molecule has 0 atom stereocenters. The zero-order chi connectivity index (χ0) is 15.4. The molecule has 0 aliphatic carbocycles. The Morgan fingerprint density at radius 2 is 2.05 bits per heavy atom. The molecule has 7 heteroatoms. The normalized spacial score (nSPS) is 10.6. The van der Waals surface area contributed by atoms with E-state index in [2.05, 4.69) is 5.10 Å². The van der Waals surface area contributed by atoms with E-state index in [0.29, 0.717) is 24.5 Å². The number of rotatable bonds is 6. The summed E-state index contributed by atoms with van der Waals surface area (Å²) in [6, 6.07) is 7.14. The summed E-state index contributed by atoms with van der Waals surface area (Å²) in [6.07, 6.45) is 0.806. The highest BCUT2D eigenvalue weighted by molar-refractivity contribution is 5.48. The molecular formula is C14H18N4O3. The average Bonchev–Trinajstić information content (AvgIpc) is 2.76. The number of benzene rings is 1. The zero-order valence-corrected chi connectivity index (χ0v) is 12.1. The summed E-state index contributed by atoms with van der Waals surface area (Å²) in [6.45, 7) is 4.58. The molecule has 0 aliphatic rings. The van der Waals surface area contributed by atoms with Gasteiger partial charge in [0.25, 0.3) is 5.88 Å². The highest BCUT2D eigenvalue weighted by Crippen LogP contribution is 2.34. The van der Waals surface area contributed by atoms with Crippen molar-refractivity contribution in [1.82, 2.24) is 9.78 Å². The van der Waals surface area contributed by atoms with Crippen LogP contribution in [0.25, 0.3) is 0 Å². The van der Waals surface area contributed by atoms with Crippen LogP contribution in [0.3, 0.4) is 0 Å². The van der Waals surface area contributed by atoms with Gasteiger partial charge in [-0.2, -0.15) is 5.10 Å². The van der Waals surface area contributed by atoms with Gasteiger partial charge in [-0.25, -0.2) is 4.68 Å². The molecule has 2 aromatic rings. The Hall–Kier alpha value is -2.41. The van der Waals surface area contributed by atoms with Gasteiger partial charge in [0.05, 0.1) is 4.92 Å². The molecular weight excluding hydrogens is 272 g/mol. The lowest BCUT2D eigenvalue weighted by atomic mass is 10.2. The largest absolute Gasteiger partial charge is 0.434 e. The van der Waals surface area contributed by atoms with E-state index in [1.807, 2.05) is 19.1 Å². The average molecular weight is 290 g/mol. The van der Waals surface area contributed by atoms with Crippen LogP contribution in [0.1, 0.15) is 24.6 Å². The smallest absolute Gasteiger partial charge is 0.353 e. The van der Waals surface area contributed by atoms with Gasteiger partial charge >= 0.3 is 5.69 Å². The van der Waals surface area contributed by atoms with Gasteiger partial charge < -0.3 is 10.5 Å². The van der Waals surface area contributed by atoms with E-state index < -0.39 is 4.92 Å². The Kier molecular flexibility index (Phi) is 4.54. The van der Waals surface area contributed by atoms with Crippen molar-refractivity contribution in [3.63, 3.8) is 0 Å². The molecule has 0 bridgehead atoms. The molecule has 1 aromatic carbocycles. The minimum absolute atomic E-state index is 0.0913. The topological polar surface area (TPSA) is 96.2 Å². The Morgan fingerprint density at radius 3 is 2.57 bits per heavy atom. The summed E-state index contributed by atoms with van der Waals surface area (Å²) >= 11 is 0. The lowest BCUT2D eigenvalue weighted by Crippen LogP contribution is -2.03. The molecule has 0 aliphatic heterocycles.